The normalized spacial score (nSPS) is 14.8. The first-order valence-electron chi connectivity index (χ1n) is 4.96. The van der Waals surface area contributed by atoms with Gasteiger partial charge in [-0.25, -0.2) is 0 Å². The van der Waals surface area contributed by atoms with E-state index in [1.54, 1.807) is 11.3 Å². The minimum atomic E-state index is 0.0682. The van der Waals surface area contributed by atoms with Crippen molar-refractivity contribution in [3.63, 3.8) is 0 Å². The SMILES string of the molecule is CC(c1ccncc1)C(N)c1ccsc1. The summed E-state index contributed by atoms with van der Waals surface area (Å²) >= 11 is 1.69. The molecule has 0 aliphatic carbocycles. The lowest BCUT2D eigenvalue weighted by Gasteiger charge is -2.19. The van der Waals surface area contributed by atoms with Gasteiger partial charge in [0, 0.05) is 24.4 Å². The van der Waals surface area contributed by atoms with E-state index in [0.29, 0.717) is 5.92 Å². The van der Waals surface area contributed by atoms with E-state index < -0.39 is 0 Å². The molecule has 78 valence electrons. The average molecular weight is 218 g/mol. The Hall–Kier alpha value is -1.19. The summed E-state index contributed by atoms with van der Waals surface area (Å²) in [5.41, 5.74) is 8.65. The van der Waals surface area contributed by atoms with Crippen molar-refractivity contribution >= 4 is 11.3 Å². The van der Waals surface area contributed by atoms with E-state index in [1.165, 1.54) is 11.1 Å². The van der Waals surface area contributed by atoms with Crippen molar-refractivity contribution in [3.8, 4) is 0 Å². The lowest BCUT2D eigenvalue weighted by Crippen LogP contribution is -2.16. The summed E-state index contributed by atoms with van der Waals surface area (Å²) in [6.07, 6.45) is 3.62. The van der Waals surface area contributed by atoms with Crippen LogP contribution in [-0.2, 0) is 0 Å². The third-order valence-corrected chi connectivity index (χ3v) is 3.40. The second-order valence-electron chi connectivity index (χ2n) is 3.65. The van der Waals surface area contributed by atoms with E-state index in [1.807, 2.05) is 24.5 Å². The number of aromatic nitrogens is 1. The zero-order valence-electron chi connectivity index (χ0n) is 8.63. The Morgan fingerprint density at radius 2 is 1.93 bits per heavy atom. The minimum absolute atomic E-state index is 0.0682. The molecule has 0 saturated heterocycles. The third-order valence-electron chi connectivity index (χ3n) is 2.70. The summed E-state index contributed by atoms with van der Waals surface area (Å²) in [6, 6.07) is 6.21. The Kier molecular flexibility index (Phi) is 3.14. The molecular formula is C12H14N2S. The quantitative estimate of drug-likeness (QED) is 0.860. The van der Waals surface area contributed by atoms with Gasteiger partial charge >= 0.3 is 0 Å². The van der Waals surface area contributed by atoms with Crippen molar-refractivity contribution in [3.05, 3.63) is 52.5 Å². The predicted molar refractivity (Wildman–Crippen MR) is 63.9 cm³/mol. The Balaban J connectivity index is 2.18. The fourth-order valence-electron chi connectivity index (χ4n) is 1.63. The second-order valence-corrected chi connectivity index (χ2v) is 4.43. The molecule has 0 saturated carbocycles. The molecule has 15 heavy (non-hydrogen) atoms. The highest BCUT2D eigenvalue weighted by atomic mass is 32.1. The molecule has 0 aliphatic heterocycles. The first-order valence-corrected chi connectivity index (χ1v) is 5.91. The summed E-state index contributed by atoms with van der Waals surface area (Å²) in [5.74, 6) is 0.322. The summed E-state index contributed by atoms with van der Waals surface area (Å²) in [7, 11) is 0. The molecule has 2 atom stereocenters. The fourth-order valence-corrected chi connectivity index (χ4v) is 2.33. The smallest absolute Gasteiger partial charge is 0.0370 e. The van der Waals surface area contributed by atoms with Gasteiger partial charge in [0.05, 0.1) is 0 Å². The molecule has 0 aliphatic rings. The molecule has 2 nitrogen and oxygen atoms in total. The van der Waals surface area contributed by atoms with Gasteiger partial charge < -0.3 is 5.73 Å². The van der Waals surface area contributed by atoms with Gasteiger partial charge in [0.1, 0.15) is 0 Å². The van der Waals surface area contributed by atoms with E-state index in [2.05, 4.69) is 28.7 Å². The van der Waals surface area contributed by atoms with E-state index in [0.717, 1.165) is 0 Å². The van der Waals surface area contributed by atoms with E-state index >= 15 is 0 Å². The molecule has 0 spiro atoms. The number of thiophene rings is 1. The van der Waals surface area contributed by atoms with Crippen LogP contribution in [0.4, 0.5) is 0 Å². The highest BCUT2D eigenvalue weighted by molar-refractivity contribution is 7.07. The predicted octanol–water partition coefficient (Wildman–Crippen LogP) is 2.95. The van der Waals surface area contributed by atoms with Crippen molar-refractivity contribution in [2.75, 3.05) is 0 Å². The molecule has 2 rings (SSSR count). The van der Waals surface area contributed by atoms with Gasteiger partial charge in [-0.05, 0) is 40.1 Å². The third kappa shape index (κ3) is 2.25. The van der Waals surface area contributed by atoms with E-state index in [4.69, 9.17) is 5.73 Å². The van der Waals surface area contributed by atoms with Gasteiger partial charge in [-0.15, -0.1) is 0 Å². The number of hydrogen-bond donors (Lipinski definition) is 1. The summed E-state index contributed by atoms with van der Waals surface area (Å²) < 4.78 is 0. The summed E-state index contributed by atoms with van der Waals surface area (Å²) in [5, 5.41) is 4.18. The lowest BCUT2D eigenvalue weighted by atomic mass is 9.91. The maximum Gasteiger partial charge on any atom is 0.0370 e. The molecule has 0 radical (unpaired) electrons. The minimum Gasteiger partial charge on any atom is -0.323 e. The van der Waals surface area contributed by atoms with Crippen LogP contribution in [0.2, 0.25) is 0 Å². The molecule has 2 aromatic rings. The highest BCUT2D eigenvalue weighted by Crippen LogP contribution is 2.29. The van der Waals surface area contributed by atoms with Gasteiger partial charge in [-0.2, -0.15) is 11.3 Å². The molecule has 3 heteroatoms. The van der Waals surface area contributed by atoms with Crippen molar-refractivity contribution < 1.29 is 0 Å². The van der Waals surface area contributed by atoms with Crippen molar-refractivity contribution in [2.45, 2.75) is 18.9 Å². The van der Waals surface area contributed by atoms with Gasteiger partial charge in [0.2, 0.25) is 0 Å². The molecule has 2 aromatic heterocycles. The van der Waals surface area contributed by atoms with E-state index in [-0.39, 0.29) is 6.04 Å². The van der Waals surface area contributed by atoms with Gasteiger partial charge in [0.15, 0.2) is 0 Å². The number of rotatable bonds is 3. The van der Waals surface area contributed by atoms with E-state index in [9.17, 15) is 0 Å². The molecule has 2 heterocycles. The van der Waals surface area contributed by atoms with Gasteiger partial charge in [0.25, 0.3) is 0 Å². The first kappa shape index (κ1) is 10.3. The average Bonchev–Trinajstić information content (AvgIpc) is 2.82. The van der Waals surface area contributed by atoms with Crippen molar-refractivity contribution in [1.29, 1.82) is 0 Å². The largest absolute Gasteiger partial charge is 0.323 e. The molecule has 2 N–H and O–H groups in total. The maximum absolute atomic E-state index is 6.20. The molecular weight excluding hydrogens is 204 g/mol. The molecule has 0 amide bonds. The van der Waals surface area contributed by atoms with Crippen molar-refractivity contribution in [1.82, 2.24) is 4.98 Å². The topological polar surface area (TPSA) is 38.9 Å². The molecule has 0 bridgehead atoms. The monoisotopic (exact) mass is 218 g/mol. The Labute approximate surface area is 93.8 Å². The van der Waals surface area contributed by atoms with Crippen LogP contribution in [0, 0.1) is 0 Å². The number of hydrogen-bond acceptors (Lipinski definition) is 3. The summed E-state index contributed by atoms with van der Waals surface area (Å²) in [4.78, 5) is 4.01. The first-order chi connectivity index (χ1) is 7.29. The van der Waals surface area contributed by atoms with Crippen LogP contribution in [0.1, 0.15) is 30.0 Å². The van der Waals surface area contributed by atoms with Crippen LogP contribution >= 0.6 is 11.3 Å². The zero-order valence-corrected chi connectivity index (χ0v) is 9.45. The van der Waals surface area contributed by atoms with Crippen LogP contribution in [0.25, 0.3) is 0 Å². The highest BCUT2D eigenvalue weighted by Gasteiger charge is 2.16. The van der Waals surface area contributed by atoms with Crippen LogP contribution in [-0.4, -0.2) is 4.98 Å². The number of nitrogens with two attached hydrogens (primary N) is 1. The molecule has 2 unspecified atom stereocenters. The number of pyridine rings is 1. The second kappa shape index (κ2) is 4.55. The Bertz CT molecular complexity index is 397. The fraction of sp³-hybridized carbons (Fsp3) is 0.250. The van der Waals surface area contributed by atoms with Crippen LogP contribution in [0.3, 0.4) is 0 Å². The van der Waals surface area contributed by atoms with Crippen LogP contribution in [0.5, 0.6) is 0 Å². The van der Waals surface area contributed by atoms with Crippen LogP contribution < -0.4 is 5.73 Å². The van der Waals surface area contributed by atoms with Gasteiger partial charge in [-0.1, -0.05) is 6.92 Å². The maximum atomic E-state index is 6.20. The zero-order chi connectivity index (χ0) is 10.7. The Morgan fingerprint density at radius 3 is 2.53 bits per heavy atom. The van der Waals surface area contributed by atoms with Crippen LogP contribution in [0.15, 0.2) is 41.4 Å². The number of nitrogens with zero attached hydrogens (tertiary/aromatic N) is 1. The molecule has 0 aromatic carbocycles. The van der Waals surface area contributed by atoms with Crippen molar-refractivity contribution in [2.24, 2.45) is 5.73 Å². The van der Waals surface area contributed by atoms with Gasteiger partial charge in [-0.3, -0.25) is 4.98 Å². The summed E-state index contributed by atoms with van der Waals surface area (Å²) in [6.45, 7) is 2.15. The Morgan fingerprint density at radius 1 is 1.20 bits per heavy atom. The molecule has 0 fully saturated rings. The lowest BCUT2D eigenvalue weighted by molar-refractivity contribution is 0.599. The standard InChI is InChI=1S/C12H14N2S/c1-9(10-2-5-14-6-3-10)12(13)11-4-7-15-8-11/h2-9,12H,13H2,1H3.